The number of aliphatic hydroxyl groups excluding tert-OH is 1. The third kappa shape index (κ3) is 4.98. The lowest BCUT2D eigenvalue weighted by atomic mass is 9.43. The molecule has 18 atom stereocenters. The number of carbonyl (C=O) groups is 1. The highest BCUT2D eigenvalue weighted by Gasteiger charge is 2.70. The second kappa shape index (κ2) is 11.6. The van der Waals surface area contributed by atoms with Crippen molar-refractivity contribution in [2.45, 2.75) is 168 Å². The monoisotopic (exact) mass is 658 g/mol. The number of ether oxygens (including phenoxy) is 3. The van der Waals surface area contributed by atoms with E-state index in [2.05, 4.69) is 34.6 Å². The van der Waals surface area contributed by atoms with Crippen LogP contribution in [0, 0.1) is 70.0 Å². The Morgan fingerprint density at radius 1 is 0.851 bits per heavy atom. The number of rotatable bonds is 6. The van der Waals surface area contributed by atoms with Crippen LogP contribution in [0.3, 0.4) is 0 Å². The summed E-state index contributed by atoms with van der Waals surface area (Å²) in [7, 11) is 0. The maximum atomic E-state index is 11.9. The van der Waals surface area contributed by atoms with E-state index < -0.39 is 23.6 Å². The molecule has 2 bridgehead atoms. The van der Waals surface area contributed by atoms with Crippen molar-refractivity contribution in [3.63, 3.8) is 0 Å². The van der Waals surface area contributed by atoms with E-state index in [0.717, 1.165) is 51.4 Å². The summed E-state index contributed by atoms with van der Waals surface area (Å²) in [5, 5.41) is 21.3. The Balaban J connectivity index is 0.962. The number of hydrogen-bond acceptors (Lipinski definition) is 7. The highest BCUT2D eigenvalue weighted by molar-refractivity contribution is 5.66. The Morgan fingerprint density at radius 2 is 1.57 bits per heavy atom. The number of carboxylic acids is 1. The Labute approximate surface area is 282 Å². The van der Waals surface area contributed by atoms with Gasteiger partial charge in [0.15, 0.2) is 18.2 Å². The van der Waals surface area contributed by atoms with Crippen LogP contribution in [0.4, 0.5) is 0 Å². The summed E-state index contributed by atoms with van der Waals surface area (Å²) >= 11 is 0. The van der Waals surface area contributed by atoms with Crippen LogP contribution < -0.4 is 0 Å². The van der Waals surface area contributed by atoms with E-state index in [1.165, 1.54) is 32.1 Å². The first-order chi connectivity index (χ1) is 22.3. The molecule has 9 aliphatic rings. The predicted molar refractivity (Wildman–Crippen MR) is 174 cm³/mol. The summed E-state index contributed by atoms with van der Waals surface area (Å²) in [5.74, 6) is 2.93. The lowest BCUT2D eigenvalue weighted by molar-refractivity contribution is -0.578. The van der Waals surface area contributed by atoms with E-state index in [9.17, 15) is 15.0 Å². The summed E-state index contributed by atoms with van der Waals surface area (Å²) in [6.45, 7) is 13.9. The van der Waals surface area contributed by atoms with Crippen LogP contribution in [0.25, 0.3) is 0 Å². The fourth-order valence-electron chi connectivity index (χ4n) is 14.1. The fraction of sp³-hybridized carbons (Fsp3) is 0.974. The Hall–Kier alpha value is -0.770. The zero-order valence-corrected chi connectivity index (χ0v) is 29.8. The molecule has 0 aromatic heterocycles. The average molecular weight is 659 g/mol. The first-order valence-corrected chi connectivity index (χ1v) is 19.5. The zero-order valence-electron chi connectivity index (χ0n) is 29.8. The normalized spacial score (nSPS) is 57.2. The van der Waals surface area contributed by atoms with E-state index in [1.807, 2.05) is 6.92 Å². The maximum Gasteiger partial charge on any atom is 0.303 e. The lowest BCUT2D eigenvalue weighted by Crippen LogP contribution is -2.70. The minimum absolute atomic E-state index is 0.0645. The fourth-order valence-corrected chi connectivity index (χ4v) is 14.1. The smallest absolute Gasteiger partial charge is 0.303 e. The van der Waals surface area contributed by atoms with Crippen molar-refractivity contribution in [3.8, 4) is 0 Å². The van der Waals surface area contributed by atoms with Gasteiger partial charge in [-0.2, -0.15) is 0 Å². The van der Waals surface area contributed by atoms with Gasteiger partial charge in [0.2, 0.25) is 5.79 Å². The molecular formula is C39H62O8. The second-order valence-corrected chi connectivity index (χ2v) is 18.7. The van der Waals surface area contributed by atoms with E-state index >= 15 is 0 Å². The van der Waals surface area contributed by atoms with Crippen LogP contribution in [0.15, 0.2) is 0 Å². The summed E-state index contributed by atoms with van der Waals surface area (Å²) in [5.41, 5.74) is -0.194. The molecule has 4 heterocycles. The van der Waals surface area contributed by atoms with Gasteiger partial charge in [0.1, 0.15) is 0 Å². The van der Waals surface area contributed by atoms with Gasteiger partial charge in [0.05, 0.1) is 12.2 Å². The molecule has 0 aromatic rings. The molecule has 2 N–H and O–H groups in total. The van der Waals surface area contributed by atoms with E-state index in [-0.39, 0.29) is 53.5 Å². The number of hydrogen-bond donors (Lipinski definition) is 2. The summed E-state index contributed by atoms with van der Waals surface area (Å²) in [4.78, 5) is 23.7. The van der Waals surface area contributed by atoms with E-state index in [4.69, 9.17) is 24.0 Å². The SMILES string of the molecule is C[C@@H]1CC[C@H]2[C@@H](C)C(O[C@@H]3CC[C@]4(C)C5CC[C@@]6(C)C(CC[C@@H]6[C@H](C)CCC(=O)O)C5C[C@H](O)C4C3)OC3O[C@]4(C)CCC1[C@]32OO4. The Morgan fingerprint density at radius 3 is 2.36 bits per heavy atom. The van der Waals surface area contributed by atoms with Crippen LogP contribution in [0.5, 0.6) is 0 Å². The first kappa shape index (κ1) is 33.4. The number of aliphatic hydroxyl groups is 1. The van der Waals surface area contributed by atoms with Gasteiger partial charge in [-0.3, -0.25) is 4.79 Å². The molecule has 5 aliphatic carbocycles. The number of fused-ring (bicyclic) bond motifs is 7. The van der Waals surface area contributed by atoms with E-state index in [0.29, 0.717) is 41.4 Å². The van der Waals surface area contributed by atoms with Crippen molar-refractivity contribution >= 4 is 5.97 Å². The van der Waals surface area contributed by atoms with Crippen LogP contribution in [-0.2, 0) is 28.8 Å². The molecule has 1 spiro atoms. The minimum Gasteiger partial charge on any atom is -0.481 e. The maximum absolute atomic E-state index is 11.9. The second-order valence-electron chi connectivity index (χ2n) is 18.7. The largest absolute Gasteiger partial charge is 0.481 e. The molecular weight excluding hydrogens is 596 g/mol. The molecule has 47 heavy (non-hydrogen) atoms. The van der Waals surface area contributed by atoms with E-state index in [1.54, 1.807) is 0 Å². The third-order valence-corrected chi connectivity index (χ3v) is 16.6. The molecule has 9 rings (SSSR count). The minimum atomic E-state index is -0.788. The van der Waals surface area contributed by atoms with Crippen molar-refractivity contribution in [1.29, 1.82) is 0 Å². The van der Waals surface area contributed by atoms with Crippen molar-refractivity contribution in [2.75, 3.05) is 0 Å². The predicted octanol–water partition coefficient (Wildman–Crippen LogP) is 7.71. The number of aliphatic carboxylic acids is 1. The van der Waals surface area contributed by atoms with Crippen molar-refractivity contribution in [2.24, 2.45) is 70.0 Å². The van der Waals surface area contributed by atoms with Crippen LogP contribution in [0.2, 0.25) is 0 Å². The molecule has 0 amide bonds. The van der Waals surface area contributed by atoms with Gasteiger partial charge in [-0.05, 0) is 142 Å². The van der Waals surface area contributed by atoms with Gasteiger partial charge >= 0.3 is 5.97 Å². The molecule has 9 fully saturated rings. The first-order valence-electron chi connectivity index (χ1n) is 19.5. The van der Waals surface area contributed by atoms with Crippen molar-refractivity contribution < 1.29 is 39.0 Å². The molecule has 8 heteroatoms. The van der Waals surface area contributed by atoms with Gasteiger partial charge in [-0.25, -0.2) is 9.78 Å². The quantitative estimate of drug-likeness (QED) is 0.221. The van der Waals surface area contributed by atoms with Gasteiger partial charge in [-0.1, -0.05) is 34.6 Å². The lowest BCUT2D eigenvalue weighted by Gasteiger charge is -2.63. The topological polar surface area (TPSA) is 104 Å². The van der Waals surface area contributed by atoms with Gasteiger partial charge < -0.3 is 24.4 Å². The summed E-state index contributed by atoms with van der Waals surface area (Å²) in [6.07, 6.45) is 12.8. The third-order valence-electron chi connectivity index (χ3n) is 16.6. The van der Waals surface area contributed by atoms with Gasteiger partial charge in [-0.15, -0.1) is 0 Å². The number of carboxylic acid groups (broad SMARTS) is 1. The molecule has 4 aliphatic heterocycles. The van der Waals surface area contributed by atoms with Crippen molar-refractivity contribution in [1.82, 2.24) is 0 Å². The summed E-state index contributed by atoms with van der Waals surface area (Å²) in [6, 6.07) is 0. The highest BCUT2D eigenvalue weighted by atomic mass is 17.3. The van der Waals surface area contributed by atoms with Gasteiger partial charge in [0, 0.05) is 24.7 Å². The molecule has 5 saturated carbocycles. The van der Waals surface area contributed by atoms with Crippen molar-refractivity contribution in [3.05, 3.63) is 0 Å². The van der Waals surface area contributed by atoms with Gasteiger partial charge in [0.25, 0.3) is 0 Å². The van der Waals surface area contributed by atoms with Crippen LogP contribution >= 0.6 is 0 Å². The Kier molecular flexibility index (Phi) is 8.26. The molecule has 7 unspecified atom stereocenters. The zero-order chi connectivity index (χ0) is 33.1. The average Bonchev–Trinajstić information content (AvgIpc) is 3.22. The molecule has 0 radical (unpaired) electrons. The highest BCUT2D eigenvalue weighted by Crippen LogP contribution is 2.69. The standard InChI is InChI=1S/C39H62O8/c1-21(8-12-33(41)42)26-10-11-29-25-20-32(40)31-19-24(13-16-37(31,5)30(25)14-17-36(26,29)4)43-34-23(3)28-9-7-22(2)27-15-18-38(6)45-35(44-34)39(27,28)47-46-38/h21-32,34-35,40H,7-20H2,1-6H3,(H,41,42)/t21-,22-,23-,24-,25?,26-,27?,28+,29?,30?,31?,32+,34?,35?,36-,37-,38+,39-/m1/s1. The molecule has 8 nitrogen and oxygen atoms in total. The summed E-state index contributed by atoms with van der Waals surface area (Å²) < 4.78 is 20.4. The van der Waals surface area contributed by atoms with Crippen LogP contribution in [0.1, 0.15) is 131 Å². The van der Waals surface area contributed by atoms with Crippen LogP contribution in [-0.4, -0.2) is 52.4 Å². The molecule has 0 aromatic carbocycles. The molecule has 4 saturated heterocycles. The Bertz CT molecular complexity index is 1210. The molecule has 266 valence electrons.